The van der Waals surface area contributed by atoms with Gasteiger partial charge in [-0.05, 0) is 67.3 Å². The average Bonchev–Trinajstić information content (AvgIpc) is 2.74. The molecule has 0 spiro atoms. The third-order valence-electron chi connectivity index (χ3n) is 5.77. The van der Waals surface area contributed by atoms with E-state index in [9.17, 15) is 19.4 Å². The summed E-state index contributed by atoms with van der Waals surface area (Å²) in [6.45, 7) is 2.00. The van der Waals surface area contributed by atoms with E-state index in [0.29, 0.717) is 18.5 Å². The van der Waals surface area contributed by atoms with E-state index in [1.165, 1.54) is 12.1 Å². The number of rotatable bonds is 6. The summed E-state index contributed by atoms with van der Waals surface area (Å²) in [4.78, 5) is 14.7. The number of phenols is 1. The van der Waals surface area contributed by atoms with Crippen molar-refractivity contribution < 1.29 is 19.4 Å². The van der Waals surface area contributed by atoms with Gasteiger partial charge >= 0.3 is 0 Å². The molecule has 0 bridgehead atoms. The van der Waals surface area contributed by atoms with E-state index in [4.69, 9.17) is 0 Å². The summed E-state index contributed by atoms with van der Waals surface area (Å²) in [6.07, 6.45) is 0.348. The van der Waals surface area contributed by atoms with Crippen molar-refractivity contribution in [1.82, 2.24) is 0 Å². The van der Waals surface area contributed by atoms with Crippen molar-refractivity contribution in [2.45, 2.75) is 31.9 Å². The monoisotopic (exact) mass is 405 g/mol. The van der Waals surface area contributed by atoms with Gasteiger partial charge in [0.2, 0.25) is 5.91 Å². The zero-order valence-electron chi connectivity index (χ0n) is 16.7. The molecule has 5 heteroatoms. The topological polar surface area (TPSA) is 60.8 Å². The number of phenolic OH excluding ortho intramolecular Hbond substituents is 1. The van der Waals surface area contributed by atoms with Crippen LogP contribution in [0.15, 0.2) is 72.8 Å². The zero-order chi connectivity index (χ0) is 21.3. The Morgan fingerprint density at radius 2 is 1.60 bits per heavy atom. The van der Waals surface area contributed by atoms with Gasteiger partial charge in [-0.3, -0.25) is 4.79 Å². The maximum absolute atomic E-state index is 13.3. The smallest absolute Gasteiger partial charge is 0.233 e. The molecule has 2 N–H and O–H groups in total. The number of anilines is 1. The second-order valence-corrected chi connectivity index (χ2v) is 7.83. The molecule has 3 atom stereocenters. The summed E-state index contributed by atoms with van der Waals surface area (Å²) in [5.41, 5.74) is 3.49. The molecular weight excluding hydrogens is 381 g/mol. The second-order valence-electron chi connectivity index (χ2n) is 7.83. The standard InChI is InChI=1S/C25H24FNO3/c1-16-2-4-17(5-3-16)23(29)15-14-22-24(18-6-12-21(28)13-7-18)27(25(22)30)20-10-8-19(26)9-11-20/h2-13,22-24,28-29H,14-15H2,1H3/t22-,23+,24-/m1/s1. The maximum atomic E-state index is 13.3. The molecule has 0 saturated carbocycles. The molecular formula is C25H24FNO3. The molecule has 0 unspecified atom stereocenters. The minimum atomic E-state index is -0.640. The van der Waals surface area contributed by atoms with Gasteiger partial charge in [0.25, 0.3) is 0 Å². The zero-order valence-corrected chi connectivity index (χ0v) is 16.7. The van der Waals surface area contributed by atoms with Crippen molar-refractivity contribution in [2.75, 3.05) is 4.90 Å². The van der Waals surface area contributed by atoms with E-state index >= 15 is 0 Å². The van der Waals surface area contributed by atoms with Crippen molar-refractivity contribution >= 4 is 11.6 Å². The lowest BCUT2D eigenvalue weighted by Crippen LogP contribution is -2.55. The molecule has 1 heterocycles. The third-order valence-corrected chi connectivity index (χ3v) is 5.77. The summed E-state index contributed by atoms with van der Waals surface area (Å²) < 4.78 is 13.3. The quantitative estimate of drug-likeness (QED) is 0.564. The first-order chi connectivity index (χ1) is 14.4. The molecule has 1 amide bonds. The highest BCUT2D eigenvalue weighted by Crippen LogP contribution is 2.46. The molecule has 1 aliphatic heterocycles. The normalized spacial score (nSPS) is 19.4. The van der Waals surface area contributed by atoms with Gasteiger partial charge in [-0.15, -0.1) is 0 Å². The third kappa shape index (κ3) is 3.94. The molecule has 0 radical (unpaired) electrons. The van der Waals surface area contributed by atoms with Crippen LogP contribution in [-0.4, -0.2) is 16.1 Å². The number of aliphatic hydroxyl groups excluding tert-OH is 1. The van der Waals surface area contributed by atoms with E-state index in [2.05, 4.69) is 0 Å². The number of carbonyl (C=O) groups is 1. The average molecular weight is 405 g/mol. The Balaban J connectivity index is 1.55. The van der Waals surface area contributed by atoms with Crippen LogP contribution in [0.5, 0.6) is 5.75 Å². The second kappa shape index (κ2) is 8.28. The van der Waals surface area contributed by atoms with Crippen LogP contribution in [0.4, 0.5) is 10.1 Å². The van der Waals surface area contributed by atoms with Crippen LogP contribution in [0.1, 0.15) is 41.7 Å². The molecule has 1 fully saturated rings. The van der Waals surface area contributed by atoms with Gasteiger partial charge in [-0.1, -0.05) is 42.0 Å². The number of halogens is 1. The molecule has 0 aromatic heterocycles. The summed E-state index contributed by atoms with van der Waals surface area (Å²) >= 11 is 0. The Hall–Kier alpha value is -3.18. The van der Waals surface area contributed by atoms with E-state index in [-0.39, 0.29) is 29.4 Å². The predicted molar refractivity (Wildman–Crippen MR) is 114 cm³/mol. The first kappa shape index (κ1) is 20.1. The number of hydrogen-bond acceptors (Lipinski definition) is 3. The van der Waals surface area contributed by atoms with Crippen molar-refractivity contribution in [3.63, 3.8) is 0 Å². The highest BCUT2D eigenvalue weighted by Gasteiger charge is 2.48. The maximum Gasteiger partial charge on any atom is 0.233 e. The molecule has 4 nitrogen and oxygen atoms in total. The Labute approximate surface area is 175 Å². The van der Waals surface area contributed by atoms with Crippen LogP contribution >= 0.6 is 0 Å². The number of carbonyl (C=O) groups excluding carboxylic acids is 1. The summed E-state index contributed by atoms with van der Waals surface area (Å²) in [7, 11) is 0. The molecule has 0 aliphatic carbocycles. The minimum absolute atomic E-state index is 0.0456. The van der Waals surface area contributed by atoms with Crippen molar-refractivity contribution in [2.24, 2.45) is 5.92 Å². The molecule has 1 saturated heterocycles. The SMILES string of the molecule is Cc1ccc([C@@H](O)CC[C@H]2C(=O)N(c3ccc(F)cc3)[C@@H]2c2ccc(O)cc2)cc1. The first-order valence-corrected chi connectivity index (χ1v) is 10.1. The Morgan fingerprint density at radius 3 is 2.23 bits per heavy atom. The van der Waals surface area contributed by atoms with Crippen LogP contribution in [0.3, 0.4) is 0 Å². The number of aryl methyl sites for hydroxylation is 1. The van der Waals surface area contributed by atoms with Crippen LogP contribution in [0, 0.1) is 18.7 Å². The fourth-order valence-corrected chi connectivity index (χ4v) is 4.07. The molecule has 154 valence electrons. The highest BCUT2D eigenvalue weighted by molar-refractivity contribution is 6.03. The van der Waals surface area contributed by atoms with Crippen LogP contribution in [0.25, 0.3) is 0 Å². The van der Waals surface area contributed by atoms with Crippen molar-refractivity contribution in [3.8, 4) is 5.75 Å². The number of hydrogen-bond donors (Lipinski definition) is 2. The van der Waals surface area contributed by atoms with Gasteiger partial charge in [0.15, 0.2) is 0 Å². The number of nitrogens with zero attached hydrogens (tertiary/aromatic N) is 1. The summed E-state index contributed by atoms with van der Waals surface area (Å²) in [6, 6.07) is 20.2. The summed E-state index contributed by atoms with van der Waals surface area (Å²) in [5.74, 6) is -0.537. The van der Waals surface area contributed by atoms with Gasteiger partial charge < -0.3 is 15.1 Å². The highest BCUT2D eigenvalue weighted by atomic mass is 19.1. The van der Waals surface area contributed by atoms with E-state index < -0.39 is 6.10 Å². The Bertz CT molecular complexity index is 1020. The van der Waals surface area contributed by atoms with Gasteiger partial charge in [0.05, 0.1) is 18.1 Å². The first-order valence-electron chi connectivity index (χ1n) is 10.1. The summed E-state index contributed by atoms with van der Waals surface area (Å²) in [5, 5.41) is 20.2. The van der Waals surface area contributed by atoms with Crippen molar-refractivity contribution in [3.05, 3.63) is 95.3 Å². The number of aromatic hydroxyl groups is 1. The molecule has 3 aromatic carbocycles. The fraction of sp³-hybridized carbons (Fsp3) is 0.240. The van der Waals surface area contributed by atoms with Gasteiger partial charge in [-0.25, -0.2) is 4.39 Å². The van der Waals surface area contributed by atoms with Crippen LogP contribution < -0.4 is 4.90 Å². The van der Waals surface area contributed by atoms with E-state index in [0.717, 1.165) is 16.7 Å². The van der Waals surface area contributed by atoms with Crippen molar-refractivity contribution in [1.29, 1.82) is 0 Å². The molecule has 3 aromatic rings. The lowest BCUT2D eigenvalue weighted by molar-refractivity contribution is -0.131. The molecule has 1 aliphatic rings. The van der Waals surface area contributed by atoms with Gasteiger partial charge in [0.1, 0.15) is 11.6 Å². The van der Waals surface area contributed by atoms with Gasteiger partial charge in [0, 0.05) is 5.69 Å². The number of aliphatic hydroxyl groups is 1. The molecule has 4 rings (SSSR count). The number of amides is 1. The predicted octanol–water partition coefficient (Wildman–Crippen LogP) is 5.06. The largest absolute Gasteiger partial charge is 0.508 e. The fourth-order valence-electron chi connectivity index (χ4n) is 4.07. The Kier molecular flexibility index (Phi) is 5.55. The van der Waals surface area contributed by atoms with Crippen LogP contribution in [-0.2, 0) is 4.79 Å². The molecule has 30 heavy (non-hydrogen) atoms. The van der Waals surface area contributed by atoms with Gasteiger partial charge in [-0.2, -0.15) is 0 Å². The minimum Gasteiger partial charge on any atom is -0.508 e. The van der Waals surface area contributed by atoms with E-state index in [1.54, 1.807) is 41.3 Å². The van der Waals surface area contributed by atoms with Crippen LogP contribution in [0.2, 0.25) is 0 Å². The lowest BCUT2D eigenvalue weighted by atomic mass is 9.78. The lowest BCUT2D eigenvalue weighted by Gasteiger charge is -2.48. The number of β-lactam (4-membered cyclic amide) rings is 1. The number of benzene rings is 3. The van der Waals surface area contributed by atoms with E-state index in [1.807, 2.05) is 31.2 Å². The Morgan fingerprint density at radius 1 is 0.967 bits per heavy atom.